The molecule has 0 saturated carbocycles. The Morgan fingerprint density at radius 2 is 2.05 bits per heavy atom. The molecular formula is C12H12Cl2N4O. The van der Waals surface area contributed by atoms with Gasteiger partial charge in [-0.05, 0) is 19.1 Å². The zero-order chi connectivity index (χ0) is 14.0. The van der Waals surface area contributed by atoms with Gasteiger partial charge in [0, 0.05) is 18.1 Å². The molecule has 0 aliphatic heterocycles. The number of aryl methyl sites for hydroxylation is 1. The van der Waals surface area contributed by atoms with Crippen molar-refractivity contribution in [2.75, 3.05) is 11.1 Å². The van der Waals surface area contributed by atoms with Crippen molar-refractivity contribution in [3.05, 3.63) is 40.4 Å². The summed E-state index contributed by atoms with van der Waals surface area (Å²) >= 11 is 12.0. The fourth-order valence-corrected chi connectivity index (χ4v) is 2.22. The number of anilines is 2. The third-order valence-electron chi connectivity index (χ3n) is 2.57. The van der Waals surface area contributed by atoms with Crippen LogP contribution in [0.2, 0.25) is 10.0 Å². The van der Waals surface area contributed by atoms with Crippen LogP contribution in [0.15, 0.2) is 24.5 Å². The molecule has 3 N–H and O–H groups in total. The predicted molar refractivity (Wildman–Crippen MR) is 76.5 cm³/mol. The first-order valence-electron chi connectivity index (χ1n) is 5.49. The molecule has 7 heteroatoms. The lowest BCUT2D eigenvalue weighted by atomic mass is 10.3. The maximum Gasteiger partial charge on any atom is 0.244 e. The van der Waals surface area contributed by atoms with Gasteiger partial charge in [-0.15, -0.1) is 0 Å². The summed E-state index contributed by atoms with van der Waals surface area (Å²) in [6.45, 7) is 1.96. The molecule has 1 aromatic carbocycles. The average molecular weight is 299 g/mol. The number of aromatic nitrogens is 2. The fraction of sp³-hybridized carbons (Fsp3) is 0.167. The molecule has 100 valence electrons. The van der Waals surface area contributed by atoms with Crippen LogP contribution in [-0.2, 0) is 11.3 Å². The molecule has 0 aliphatic rings. The number of carbonyl (C=O) groups is 1. The first-order valence-corrected chi connectivity index (χ1v) is 6.25. The van der Waals surface area contributed by atoms with Crippen molar-refractivity contribution in [2.45, 2.75) is 13.5 Å². The third-order valence-corrected chi connectivity index (χ3v) is 3.16. The lowest BCUT2D eigenvalue weighted by Gasteiger charge is -2.11. The fourth-order valence-electron chi connectivity index (χ4n) is 1.62. The SMILES string of the molecule is Cc1nccn1CC(=O)Nc1c(Cl)cc(N)cc1Cl. The smallest absolute Gasteiger partial charge is 0.244 e. The van der Waals surface area contributed by atoms with E-state index in [2.05, 4.69) is 10.3 Å². The zero-order valence-corrected chi connectivity index (χ0v) is 11.7. The van der Waals surface area contributed by atoms with Gasteiger partial charge >= 0.3 is 0 Å². The minimum atomic E-state index is -0.241. The molecule has 0 saturated heterocycles. The van der Waals surface area contributed by atoms with Gasteiger partial charge in [0.15, 0.2) is 0 Å². The lowest BCUT2D eigenvalue weighted by molar-refractivity contribution is -0.116. The number of benzene rings is 1. The Hall–Kier alpha value is -1.72. The lowest BCUT2D eigenvalue weighted by Crippen LogP contribution is -2.19. The molecule has 2 rings (SSSR count). The third kappa shape index (κ3) is 3.19. The Bertz CT molecular complexity index is 601. The summed E-state index contributed by atoms with van der Waals surface area (Å²) in [5, 5.41) is 3.28. The normalized spacial score (nSPS) is 10.5. The van der Waals surface area contributed by atoms with Gasteiger partial charge in [-0.2, -0.15) is 0 Å². The second kappa shape index (κ2) is 5.50. The topological polar surface area (TPSA) is 72.9 Å². The van der Waals surface area contributed by atoms with Gasteiger partial charge in [0.2, 0.25) is 5.91 Å². The van der Waals surface area contributed by atoms with E-state index in [1.165, 1.54) is 12.1 Å². The second-order valence-electron chi connectivity index (χ2n) is 4.01. The number of hydrogen-bond acceptors (Lipinski definition) is 3. The largest absolute Gasteiger partial charge is 0.399 e. The van der Waals surface area contributed by atoms with E-state index < -0.39 is 0 Å². The molecule has 2 aromatic rings. The molecule has 0 unspecified atom stereocenters. The van der Waals surface area contributed by atoms with Gasteiger partial charge in [0.1, 0.15) is 12.4 Å². The maximum atomic E-state index is 11.9. The van der Waals surface area contributed by atoms with E-state index in [9.17, 15) is 4.79 Å². The zero-order valence-electron chi connectivity index (χ0n) is 10.2. The first kappa shape index (κ1) is 13.7. The highest BCUT2D eigenvalue weighted by molar-refractivity contribution is 6.40. The second-order valence-corrected chi connectivity index (χ2v) is 4.82. The summed E-state index contributed by atoms with van der Waals surface area (Å²) in [6, 6.07) is 3.07. The highest BCUT2D eigenvalue weighted by Gasteiger charge is 2.12. The number of rotatable bonds is 3. The molecule has 5 nitrogen and oxygen atoms in total. The van der Waals surface area contributed by atoms with E-state index in [-0.39, 0.29) is 12.5 Å². The van der Waals surface area contributed by atoms with Crippen molar-refractivity contribution in [1.29, 1.82) is 0 Å². The van der Waals surface area contributed by atoms with Crippen molar-refractivity contribution in [3.8, 4) is 0 Å². The Labute approximate surface area is 120 Å². The van der Waals surface area contributed by atoms with Gasteiger partial charge in [0.25, 0.3) is 0 Å². The maximum absolute atomic E-state index is 11.9. The standard InChI is InChI=1S/C12H12Cl2N4O/c1-7-16-2-3-18(7)6-11(19)17-12-9(13)4-8(15)5-10(12)14/h2-5H,6,15H2,1H3,(H,17,19). The van der Waals surface area contributed by atoms with Crippen LogP contribution in [0.3, 0.4) is 0 Å². The highest BCUT2D eigenvalue weighted by Crippen LogP contribution is 2.32. The molecule has 0 bridgehead atoms. The summed E-state index contributed by atoms with van der Waals surface area (Å²) in [4.78, 5) is 16.0. The number of carbonyl (C=O) groups excluding carboxylic acids is 1. The van der Waals surface area contributed by atoms with Crippen LogP contribution < -0.4 is 11.1 Å². The van der Waals surface area contributed by atoms with E-state index in [0.29, 0.717) is 21.4 Å². The molecule has 0 spiro atoms. The molecule has 0 fully saturated rings. The Kier molecular flexibility index (Phi) is 3.97. The average Bonchev–Trinajstić information content (AvgIpc) is 2.69. The number of amides is 1. The van der Waals surface area contributed by atoms with Crippen molar-refractivity contribution < 1.29 is 4.79 Å². The molecule has 0 atom stereocenters. The van der Waals surface area contributed by atoms with Gasteiger partial charge in [-0.25, -0.2) is 4.98 Å². The minimum Gasteiger partial charge on any atom is -0.399 e. The summed E-state index contributed by atoms with van der Waals surface area (Å²) in [5.74, 6) is 0.513. The van der Waals surface area contributed by atoms with Crippen LogP contribution in [0.4, 0.5) is 11.4 Å². The number of nitrogens with one attached hydrogen (secondary N) is 1. The Balaban J connectivity index is 2.14. The predicted octanol–water partition coefficient (Wildman–Crippen LogP) is 2.72. The van der Waals surface area contributed by atoms with Crippen molar-refractivity contribution in [2.24, 2.45) is 0 Å². The van der Waals surface area contributed by atoms with Gasteiger partial charge in [-0.1, -0.05) is 23.2 Å². The molecule has 1 aromatic heterocycles. The minimum absolute atomic E-state index is 0.142. The van der Waals surface area contributed by atoms with E-state index in [1.54, 1.807) is 17.0 Å². The van der Waals surface area contributed by atoms with Crippen LogP contribution in [0.25, 0.3) is 0 Å². The summed E-state index contributed by atoms with van der Waals surface area (Å²) in [7, 11) is 0. The number of halogens is 2. The van der Waals surface area contributed by atoms with Crippen molar-refractivity contribution in [3.63, 3.8) is 0 Å². The summed E-state index contributed by atoms with van der Waals surface area (Å²) in [5.41, 5.74) is 6.40. The number of nitrogens with two attached hydrogens (primary N) is 1. The quantitative estimate of drug-likeness (QED) is 0.856. The summed E-state index contributed by atoms with van der Waals surface area (Å²) < 4.78 is 1.72. The monoisotopic (exact) mass is 298 g/mol. The molecule has 1 amide bonds. The van der Waals surface area contributed by atoms with Crippen LogP contribution >= 0.6 is 23.2 Å². The van der Waals surface area contributed by atoms with E-state index in [0.717, 1.165) is 5.82 Å². The van der Waals surface area contributed by atoms with Crippen molar-refractivity contribution >= 4 is 40.5 Å². The molecule has 0 aliphatic carbocycles. The number of hydrogen-bond donors (Lipinski definition) is 2. The van der Waals surface area contributed by atoms with E-state index in [1.807, 2.05) is 6.92 Å². The Morgan fingerprint density at radius 1 is 1.42 bits per heavy atom. The van der Waals surface area contributed by atoms with Crippen LogP contribution in [0.5, 0.6) is 0 Å². The Morgan fingerprint density at radius 3 is 2.58 bits per heavy atom. The van der Waals surface area contributed by atoms with Crippen molar-refractivity contribution in [1.82, 2.24) is 9.55 Å². The van der Waals surface area contributed by atoms with Crippen LogP contribution in [-0.4, -0.2) is 15.5 Å². The number of nitrogen functional groups attached to an aromatic ring is 1. The number of imidazole rings is 1. The molecule has 1 heterocycles. The van der Waals surface area contributed by atoms with Gasteiger partial charge < -0.3 is 15.6 Å². The van der Waals surface area contributed by atoms with Crippen LogP contribution in [0, 0.1) is 6.92 Å². The van der Waals surface area contributed by atoms with E-state index >= 15 is 0 Å². The highest BCUT2D eigenvalue weighted by atomic mass is 35.5. The van der Waals surface area contributed by atoms with Gasteiger partial charge in [0.05, 0.1) is 15.7 Å². The first-order chi connectivity index (χ1) is 8.97. The van der Waals surface area contributed by atoms with E-state index in [4.69, 9.17) is 28.9 Å². The summed E-state index contributed by atoms with van der Waals surface area (Å²) in [6.07, 6.45) is 3.35. The molecule has 0 radical (unpaired) electrons. The molecular weight excluding hydrogens is 287 g/mol. The number of nitrogens with zero attached hydrogens (tertiary/aromatic N) is 2. The van der Waals surface area contributed by atoms with Crippen LogP contribution in [0.1, 0.15) is 5.82 Å². The molecule has 19 heavy (non-hydrogen) atoms. The van der Waals surface area contributed by atoms with Gasteiger partial charge in [-0.3, -0.25) is 4.79 Å².